The predicted octanol–water partition coefficient (Wildman–Crippen LogP) is 7.81. The summed E-state index contributed by atoms with van der Waals surface area (Å²) in [6, 6.07) is 45.5. The van der Waals surface area contributed by atoms with Gasteiger partial charge in [0.2, 0.25) is 0 Å². The molecule has 14 rings (SSSR count). The molecular weight excluding hydrogens is 711 g/mol. The van der Waals surface area contributed by atoms with Crippen LogP contribution in [0.15, 0.2) is 158 Å². The third-order valence-electron chi connectivity index (χ3n) is 12.8. The first kappa shape index (κ1) is 30.6. The van der Waals surface area contributed by atoms with Crippen LogP contribution in [0.5, 0.6) is 0 Å². The van der Waals surface area contributed by atoms with Crippen molar-refractivity contribution in [1.29, 1.82) is 0 Å². The molecule has 10 heterocycles. The van der Waals surface area contributed by atoms with Gasteiger partial charge in [-0.3, -0.25) is 34.1 Å². The van der Waals surface area contributed by atoms with Crippen LogP contribution in [-0.4, -0.2) is 45.3 Å². The van der Waals surface area contributed by atoms with Crippen molar-refractivity contribution in [2.24, 2.45) is 0 Å². The first-order chi connectivity index (χ1) is 28.8. The molecule has 268 valence electrons. The van der Waals surface area contributed by atoms with Crippen LogP contribution in [0.4, 0.5) is 0 Å². The first-order valence-corrected chi connectivity index (χ1v) is 19.8. The molecule has 3 aliphatic rings. The lowest BCUT2D eigenvalue weighted by Gasteiger charge is -2.35. The molecule has 1 aliphatic carbocycles. The van der Waals surface area contributed by atoms with Crippen LogP contribution < -0.4 is 16.4 Å². The van der Waals surface area contributed by atoms with Crippen molar-refractivity contribution in [1.82, 2.24) is 38.6 Å². The van der Waals surface area contributed by atoms with Crippen molar-refractivity contribution in [3.63, 3.8) is 0 Å². The largest absolute Gasteiger partial charge is 0.312 e. The van der Waals surface area contributed by atoms with Gasteiger partial charge in [-0.05, 0) is 101 Å². The van der Waals surface area contributed by atoms with Gasteiger partial charge in [0, 0.05) is 70.8 Å². The number of pyridine rings is 5. The van der Waals surface area contributed by atoms with Gasteiger partial charge in [-0.1, -0.05) is 60.7 Å². The maximum absolute atomic E-state index is 5.24. The summed E-state index contributed by atoms with van der Waals surface area (Å²) in [6.45, 7) is -0.0723. The second kappa shape index (κ2) is 11.0. The van der Waals surface area contributed by atoms with Gasteiger partial charge < -0.3 is 4.57 Å². The minimum absolute atomic E-state index is 0.0723. The average molecular weight is 741 g/mol. The van der Waals surface area contributed by atoms with Crippen LogP contribution in [0.25, 0.3) is 83.7 Å². The standard InChI is InChI=1S/C49H29BN8/c1-3-11-28(12-4-1)32-25-29-13-9-21-52-42(29)39-44-47-33(18-23-54-44)50-34-19-24-55-45-40-43-36(17-10-22-53-43)56(31-14-5-2-6-15-31)49(40)58(48(34)45)38-27-30(35-16-7-8-20-51-35)26-37(41(38)50)57(47)46(32)39/h1-24,26-27,32H,25H2. The number of rotatable bonds is 3. The predicted molar refractivity (Wildman–Crippen MR) is 231 cm³/mol. The molecular formula is C49H29BN8. The van der Waals surface area contributed by atoms with Gasteiger partial charge >= 0.3 is 0 Å². The Labute approximate surface area is 331 Å². The normalized spacial score (nSPS) is 14.6. The Morgan fingerprint density at radius 2 is 1.24 bits per heavy atom. The zero-order chi connectivity index (χ0) is 37.6. The number of para-hydroxylation sites is 1. The Kier molecular flexibility index (Phi) is 5.80. The van der Waals surface area contributed by atoms with Crippen molar-refractivity contribution in [2.45, 2.75) is 12.3 Å². The molecule has 0 N–H and O–H groups in total. The van der Waals surface area contributed by atoms with Crippen LogP contribution in [0.1, 0.15) is 22.7 Å². The van der Waals surface area contributed by atoms with Crippen LogP contribution in [0.3, 0.4) is 0 Å². The monoisotopic (exact) mass is 740 g/mol. The van der Waals surface area contributed by atoms with Gasteiger partial charge in [0.25, 0.3) is 6.71 Å². The van der Waals surface area contributed by atoms with E-state index in [4.69, 9.17) is 24.9 Å². The number of hydrogen-bond donors (Lipinski definition) is 0. The Hall–Kier alpha value is -7.65. The van der Waals surface area contributed by atoms with Crippen molar-refractivity contribution < 1.29 is 0 Å². The lowest BCUT2D eigenvalue weighted by Crippen LogP contribution is -2.59. The summed E-state index contributed by atoms with van der Waals surface area (Å²) < 4.78 is 7.41. The summed E-state index contributed by atoms with van der Waals surface area (Å²) >= 11 is 0. The second-order valence-corrected chi connectivity index (χ2v) is 15.6. The first-order valence-electron chi connectivity index (χ1n) is 19.8. The molecule has 2 aliphatic heterocycles. The molecule has 0 fully saturated rings. The Morgan fingerprint density at radius 1 is 0.552 bits per heavy atom. The van der Waals surface area contributed by atoms with Crippen molar-refractivity contribution in [3.05, 3.63) is 175 Å². The van der Waals surface area contributed by atoms with E-state index in [2.05, 4.69) is 129 Å². The molecule has 58 heavy (non-hydrogen) atoms. The van der Waals surface area contributed by atoms with E-state index >= 15 is 0 Å². The van der Waals surface area contributed by atoms with E-state index in [1.807, 2.05) is 43.1 Å². The smallest absolute Gasteiger partial charge is 0.252 e. The molecule has 9 heteroatoms. The molecule has 0 bridgehead atoms. The van der Waals surface area contributed by atoms with Crippen molar-refractivity contribution >= 4 is 67.2 Å². The summed E-state index contributed by atoms with van der Waals surface area (Å²) in [5.41, 5.74) is 22.1. The van der Waals surface area contributed by atoms with Gasteiger partial charge in [-0.25, -0.2) is 0 Å². The average Bonchev–Trinajstić information content (AvgIpc) is 3.94. The SMILES string of the molecule is c1ccc(C2Cc3cccnc3-c3c2n2c4c(ccnc34)B3c4c-2cc(-c2ccccn2)cc4-n2c4c3ccnc4c3c4ncccc4n(-c4ccccc4)c32)cc1. The molecule has 0 amide bonds. The lowest BCUT2D eigenvalue weighted by molar-refractivity contribution is 0.742. The third-order valence-corrected chi connectivity index (χ3v) is 12.8. The molecule has 0 radical (unpaired) electrons. The minimum atomic E-state index is -0.0723. The van der Waals surface area contributed by atoms with E-state index in [0.29, 0.717) is 0 Å². The molecule has 0 saturated heterocycles. The molecule has 1 unspecified atom stereocenters. The fraction of sp³-hybridized carbons (Fsp3) is 0.0408. The van der Waals surface area contributed by atoms with Crippen molar-refractivity contribution in [2.75, 3.05) is 0 Å². The number of benzene rings is 3. The highest BCUT2D eigenvalue weighted by molar-refractivity contribution is 7.00. The quantitative estimate of drug-likeness (QED) is 0.173. The fourth-order valence-electron chi connectivity index (χ4n) is 10.7. The highest BCUT2D eigenvalue weighted by Crippen LogP contribution is 2.49. The number of nitrogens with zero attached hydrogens (tertiary/aromatic N) is 8. The summed E-state index contributed by atoms with van der Waals surface area (Å²) in [6.07, 6.45) is 10.5. The van der Waals surface area contributed by atoms with Gasteiger partial charge in [0.05, 0.1) is 44.4 Å². The number of fused-ring (bicyclic) bond motifs is 14. The molecule has 8 aromatic heterocycles. The maximum atomic E-state index is 5.24. The molecule has 1 atom stereocenters. The van der Waals surface area contributed by atoms with Crippen LogP contribution >= 0.6 is 0 Å². The highest BCUT2D eigenvalue weighted by Gasteiger charge is 2.45. The van der Waals surface area contributed by atoms with Gasteiger partial charge in [-0.2, -0.15) is 0 Å². The van der Waals surface area contributed by atoms with E-state index < -0.39 is 0 Å². The van der Waals surface area contributed by atoms with E-state index in [1.54, 1.807) is 0 Å². The van der Waals surface area contributed by atoms with E-state index in [9.17, 15) is 0 Å². The van der Waals surface area contributed by atoms with Crippen LogP contribution in [0.2, 0.25) is 0 Å². The Balaban J connectivity index is 1.21. The lowest BCUT2D eigenvalue weighted by atomic mass is 9.34. The van der Waals surface area contributed by atoms with Crippen LogP contribution in [0, 0.1) is 0 Å². The zero-order valence-corrected chi connectivity index (χ0v) is 31.0. The Morgan fingerprint density at radius 3 is 2.05 bits per heavy atom. The van der Waals surface area contributed by atoms with E-state index in [1.165, 1.54) is 33.2 Å². The molecule has 11 aromatic rings. The van der Waals surface area contributed by atoms with Crippen LogP contribution in [-0.2, 0) is 6.42 Å². The van der Waals surface area contributed by atoms with Gasteiger partial charge in [-0.15, -0.1) is 0 Å². The second-order valence-electron chi connectivity index (χ2n) is 15.6. The summed E-state index contributed by atoms with van der Waals surface area (Å²) in [4.78, 5) is 25.5. The fourth-order valence-corrected chi connectivity index (χ4v) is 10.7. The van der Waals surface area contributed by atoms with E-state index in [-0.39, 0.29) is 12.6 Å². The maximum Gasteiger partial charge on any atom is 0.252 e. The molecule has 0 saturated carbocycles. The molecule has 0 spiro atoms. The minimum Gasteiger partial charge on any atom is -0.312 e. The zero-order valence-electron chi connectivity index (χ0n) is 31.0. The number of hydrogen-bond acceptors (Lipinski definition) is 5. The summed E-state index contributed by atoms with van der Waals surface area (Å²) in [5, 5.41) is 1.05. The molecule has 8 nitrogen and oxygen atoms in total. The molecule has 3 aromatic carbocycles. The third kappa shape index (κ3) is 3.74. The van der Waals surface area contributed by atoms with E-state index in [0.717, 1.165) is 90.1 Å². The summed E-state index contributed by atoms with van der Waals surface area (Å²) in [5.74, 6) is 0.0809. The number of aromatic nitrogens is 8. The summed E-state index contributed by atoms with van der Waals surface area (Å²) in [7, 11) is 0. The highest BCUT2D eigenvalue weighted by atomic mass is 15.2. The van der Waals surface area contributed by atoms with Gasteiger partial charge in [0.1, 0.15) is 11.2 Å². The topological polar surface area (TPSA) is 79.2 Å². The van der Waals surface area contributed by atoms with Crippen molar-refractivity contribution in [3.8, 4) is 39.6 Å². The Bertz CT molecular complexity index is 3550. The van der Waals surface area contributed by atoms with Gasteiger partial charge in [0.15, 0.2) is 0 Å².